The molecule has 3 N–H and O–H groups in total. The van der Waals surface area contributed by atoms with E-state index >= 15 is 0 Å². The van der Waals surface area contributed by atoms with Crippen LogP contribution in [0, 0.1) is 5.82 Å². The SMILES string of the molecule is Cl.Cn1ncc(CO)c1-c1ccc(C(=O)N[C@@H]2CNCC[C@H]2c2cccc(F)c2)s1. The standard InChI is InChI=1S/C21H23FN4O2S.ClH/c1-26-20(14(12-27)10-24-26)18-5-6-19(29-18)21(28)25-17-11-23-8-7-16(17)13-3-2-4-15(22)9-13;/h2-6,9-10,16-17,23,27H,7-8,11-12H2,1H3,(H,25,28);1H/t16-,17+;/m0./s1. The number of benzene rings is 1. The van der Waals surface area contributed by atoms with E-state index in [-0.39, 0.29) is 42.7 Å². The summed E-state index contributed by atoms with van der Waals surface area (Å²) in [4.78, 5) is 14.4. The molecular formula is C21H24ClFN4O2S. The van der Waals surface area contributed by atoms with Crippen molar-refractivity contribution < 1.29 is 14.3 Å². The molecule has 9 heteroatoms. The molecular weight excluding hydrogens is 427 g/mol. The Morgan fingerprint density at radius 2 is 2.23 bits per heavy atom. The van der Waals surface area contributed by atoms with Gasteiger partial charge in [-0.1, -0.05) is 12.1 Å². The molecule has 30 heavy (non-hydrogen) atoms. The number of aliphatic hydroxyl groups is 1. The summed E-state index contributed by atoms with van der Waals surface area (Å²) in [6, 6.07) is 10.2. The largest absolute Gasteiger partial charge is 0.392 e. The molecule has 0 aliphatic carbocycles. The molecule has 0 bridgehead atoms. The minimum Gasteiger partial charge on any atom is -0.392 e. The van der Waals surface area contributed by atoms with E-state index in [2.05, 4.69) is 15.7 Å². The van der Waals surface area contributed by atoms with Gasteiger partial charge in [0.15, 0.2) is 0 Å². The number of aromatic nitrogens is 2. The Hall–Kier alpha value is -2.26. The molecule has 1 saturated heterocycles. The summed E-state index contributed by atoms with van der Waals surface area (Å²) in [7, 11) is 1.81. The van der Waals surface area contributed by atoms with Crippen LogP contribution >= 0.6 is 23.7 Å². The molecule has 2 atom stereocenters. The number of nitrogens with zero attached hydrogens (tertiary/aromatic N) is 2. The zero-order valence-corrected chi connectivity index (χ0v) is 18.1. The molecule has 3 aromatic rings. The van der Waals surface area contributed by atoms with Gasteiger partial charge in [-0.15, -0.1) is 23.7 Å². The Kier molecular flexibility index (Phi) is 7.25. The average Bonchev–Trinajstić information content (AvgIpc) is 3.34. The summed E-state index contributed by atoms with van der Waals surface area (Å²) in [6.07, 6.45) is 2.46. The number of rotatable bonds is 5. The molecule has 0 saturated carbocycles. The van der Waals surface area contributed by atoms with Gasteiger partial charge in [0.1, 0.15) is 5.82 Å². The van der Waals surface area contributed by atoms with Crippen molar-refractivity contribution in [1.82, 2.24) is 20.4 Å². The molecule has 1 aliphatic rings. The highest BCUT2D eigenvalue weighted by Gasteiger charge is 2.28. The van der Waals surface area contributed by atoms with Gasteiger partial charge in [0, 0.05) is 31.1 Å². The van der Waals surface area contributed by atoms with Crippen LogP contribution in [0.25, 0.3) is 10.6 Å². The maximum Gasteiger partial charge on any atom is 0.261 e. The lowest BCUT2D eigenvalue weighted by Crippen LogP contribution is -2.49. The van der Waals surface area contributed by atoms with Crippen LogP contribution in [0.2, 0.25) is 0 Å². The van der Waals surface area contributed by atoms with Crippen molar-refractivity contribution in [1.29, 1.82) is 0 Å². The van der Waals surface area contributed by atoms with E-state index in [0.717, 1.165) is 34.7 Å². The van der Waals surface area contributed by atoms with Crippen LogP contribution in [-0.4, -0.2) is 39.9 Å². The molecule has 2 aromatic heterocycles. The summed E-state index contributed by atoms with van der Waals surface area (Å²) in [5, 5.41) is 20.1. The summed E-state index contributed by atoms with van der Waals surface area (Å²) in [5.41, 5.74) is 2.45. The van der Waals surface area contributed by atoms with Crippen molar-refractivity contribution >= 4 is 29.7 Å². The molecule has 1 fully saturated rings. The lowest BCUT2D eigenvalue weighted by Gasteiger charge is -2.33. The molecule has 4 rings (SSSR count). The van der Waals surface area contributed by atoms with Gasteiger partial charge in [-0.3, -0.25) is 9.48 Å². The maximum atomic E-state index is 13.7. The average molecular weight is 451 g/mol. The number of piperidine rings is 1. The normalized spacial score (nSPS) is 18.6. The molecule has 0 unspecified atom stereocenters. The fraction of sp³-hybridized carbons (Fsp3) is 0.333. The molecule has 0 radical (unpaired) electrons. The van der Waals surface area contributed by atoms with Gasteiger partial charge in [-0.05, 0) is 42.8 Å². The molecule has 160 valence electrons. The zero-order chi connectivity index (χ0) is 20.4. The van der Waals surface area contributed by atoms with E-state index in [9.17, 15) is 14.3 Å². The smallest absolute Gasteiger partial charge is 0.261 e. The number of carbonyl (C=O) groups excluding carboxylic acids is 1. The number of thiophene rings is 1. The predicted molar refractivity (Wildman–Crippen MR) is 118 cm³/mol. The lowest BCUT2D eigenvalue weighted by molar-refractivity contribution is 0.0928. The van der Waals surface area contributed by atoms with E-state index < -0.39 is 0 Å². The van der Waals surface area contributed by atoms with Crippen molar-refractivity contribution in [2.45, 2.75) is 25.0 Å². The fourth-order valence-corrected chi connectivity index (χ4v) is 4.91. The highest BCUT2D eigenvalue weighted by atomic mass is 35.5. The highest BCUT2D eigenvalue weighted by molar-refractivity contribution is 7.17. The third-order valence-electron chi connectivity index (χ3n) is 5.32. The van der Waals surface area contributed by atoms with Crippen LogP contribution < -0.4 is 10.6 Å². The van der Waals surface area contributed by atoms with Gasteiger partial charge in [-0.25, -0.2) is 4.39 Å². The molecule has 6 nitrogen and oxygen atoms in total. The van der Waals surface area contributed by atoms with Gasteiger partial charge in [0.2, 0.25) is 0 Å². The number of hydrogen-bond donors (Lipinski definition) is 3. The van der Waals surface area contributed by atoms with E-state index in [1.54, 1.807) is 29.1 Å². The number of aliphatic hydroxyl groups excluding tert-OH is 1. The maximum absolute atomic E-state index is 13.7. The Morgan fingerprint density at radius 3 is 3.00 bits per heavy atom. The van der Waals surface area contributed by atoms with Crippen LogP contribution in [0.4, 0.5) is 4.39 Å². The second-order valence-corrected chi connectivity index (χ2v) is 8.28. The zero-order valence-electron chi connectivity index (χ0n) is 16.5. The molecule has 1 aliphatic heterocycles. The van der Waals surface area contributed by atoms with Gasteiger partial charge in [0.05, 0.1) is 28.3 Å². The Labute approximate surface area is 184 Å². The fourth-order valence-electron chi connectivity index (χ4n) is 3.89. The van der Waals surface area contributed by atoms with Crippen molar-refractivity contribution in [3.05, 3.63) is 64.4 Å². The quantitative estimate of drug-likeness (QED) is 0.558. The van der Waals surface area contributed by atoms with Crippen molar-refractivity contribution in [3.63, 3.8) is 0 Å². The number of nitrogens with one attached hydrogen (secondary N) is 2. The first-order valence-corrected chi connectivity index (χ1v) is 10.4. The summed E-state index contributed by atoms with van der Waals surface area (Å²) < 4.78 is 15.4. The second kappa shape index (κ2) is 9.70. The lowest BCUT2D eigenvalue weighted by atomic mass is 9.86. The van der Waals surface area contributed by atoms with Gasteiger partial charge >= 0.3 is 0 Å². The summed E-state index contributed by atoms with van der Waals surface area (Å²) in [6.45, 7) is 1.37. The van der Waals surface area contributed by atoms with Gasteiger partial charge < -0.3 is 15.7 Å². The number of halogens is 2. The third kappa shape index (κ3) is 4.57. The summed E-state index contributed by atoms with van der Waals surface area (Å²) >= 11 is 1.37. The minimum atomic E-state index is -0.259. The Bertz CT molecular complexity index is 1020. The monoisotopic (exact) mass is 450 g/mol. The number of amides is 1. The van der Waals surface area contributed by atoms with E-state index in [1.165, 1.54) is 17.4 Å². The first-order valence-electron chi connectivity index (χ1n) is 9.56. The molecule has 1 aromatic carbocycles. The van der Waals surface area contributed by atoms with Gasteiger partial charge in [-0.2, -0.15) is 5.10 Å². The van der Waals surface area contributed by atoms with Crippen LogP contribution in [0.1, 0.15) is 33.1 Å². The number of hydrogen-bond acceptors (Lipinski definition) is 5. The highest BCUT2D eigenvalue weighted by Crippen LogP contribution is 2.31. The van der Waals surface area contributed by atoms with Gasteiger partial charge in [0.25, 0.3) is 5.91 Å². The Balaban J connectivity index is 0.00000256. The third-order valence-corrected chi connectivity index (χ3v) is 6.41. The van der Waals surface area contributed by atoms with Crippen LogP contribution in [0.5, 0.6) is 0 Å². The molecule has 3 heterocycles. The van der Waals surface area contributed by atoms with E-state index in [4.69, 9.17) is 0 Å². The van der Waals surface area contributed by atoms with Crippen molar-refractivity contribution in [2.24, 2.45) is 7.05 Å². The first-order chi connectivity index (χ1) is 14.1. The van der Waals surface area contributed by atoms with Crippen LogP contribution in [-0.2, 0) is 13.7 Å². The van der Waals surface area contributed by atoms with Crippen molar-refractivity contribution in [3.8, 4) is 10.6 Å². The number of aryl methyl sites for hydroxylation is 1. The molecule has 0 spiro atoms. The second-order valence-electron chi connectivity index (χ2n) is 7.20. The minimum absolute atomic E-state index is 0. The van der Waals surface area contributed by atoms with Crippen LogP contribution in [0.15, 0.2) is 42.6 Å². The summed E-state index contributed by atoms with van der Waals surface area (Å²) in [5.74, 6) is -0.345. The van der Waals surface area contributed by atoms with Crippen LogP contribution in [0.3, 0.4) is 0 Å². The van der Waals surface area contributed by atoms with Crippen molar-refractivity contribution in [2.75, 3.05) is 13.1 Å². The predicted octanol–water partition coefficient (Wildman–Crippen LogP) is 3.08. The number of carbonyl (C=O) groups is 1. The topological polar surface area (TPSA) is 79.2 Å². The first kappa shape index (κ1) is 22.4. The Morgan fingerprint density at radius 1 is 1.40 bits per heavy atom. The van der Waals surface area contributed by atoms with E-state index in [1.807, 2.05) is 19.2 Å². The van der Waals surface area contributed by atoms with E-state index in [0.29, 0.717) is 11.4 Å². The molecule has 1 amide bonds.